The van der Waals surface area contributed by atoms with Crippen LogP contribution >= 0.6 is 15.9 Å². The molecule has 1 fully saturated rings. The molecule has 0 atom stereocenters. The van der Waals surface area contributed by atoms with Crippen LogP contribution in [0.3, 0.4) is 0 Å². The molecule has 2 rings (SSSR count). The van der Waals surface area contributed by atoms with E-state index < -0.39 is 20.7 Å². The summed E-state index contributed by atoms with van der Waals surface area (Å²) in [5.41, 5.74) is 5.74. The summed E-state index contributed by atoms with van der Waals surface area (Å²) in [4.78, 5) is -0.434. The Kier molecular flexibility index (Phi) is 5.00. The molecular weight excluding hydrogens is 351 g/mol. The zero-order valence-electron chi connectivity index (χ0n) is 10.7. The molecule has 0 bridgehead atoms. The summed E-state index contributed by atoms with van der Waals surface area (Å²) in [6, 6.07) is 2.44. The molecule has 0 aromatic heterocycles. The highest BCUT2D eigenvalue weighted by Crippen LogP contribution is 2.26. The van der Waals surface area contributed by atoms with E-state index in [1.54, 1.807) is 0 Å². The number of hydrogen-bond donors (Lipinski definition) is 2. The predicted molar refractivity (Wildman–Crippen MR) is 77.2 cm³/mol. The lowest BCUT2D eigenvalue weighted by Gasteiger charge is -2.22. The number of nitrogens with two attached hydrogens (primary N) is 1. The molecule has 1 aliphatic rings. The predicted octanol–water partition coefficient (Wildman–Crippen LogP) is 1.88. The summed E-state index contributed by atoms with van der Waals surface area (Å²) in [7, 11) is -3.91. The van der Waals surface area contributed by atoms with E-state index in [1.165, 1.54) is 6.07 Å². The van der Waals surface area contributed by atoms with Crippen LogP contribution in [-0.2, 0) is 14.8 Å². The van der Waals surface area contributed by atoms with E-state index in [-0.39, 0.29) is 22.6 Å². The van der Waals surface area contributed by atoms with Gasteiger partial charge in [0.15, 0.2) is 5.82 Å². The van der Waals surface area contributed by atoms with E-state index in [1.807, 2.05) is 0 Å². The average Bonchev–Trinajstić information content (AvgIpc) is 2.42. The van der Waals surface area contributed by atoms with Gasteiger partial charge in [0, 0.05) is 25.4 Å². The van der Waals surface area contributed by atoms with Crippen LogP contribution in [0.4, 0.5) is 10.1 Å². The van der Waals surface area contributed by atoms with Crippen LogP contribution in [0.2, 0.25) is 0 Å². The fourth-order valence-electron chi connectivity index (χ4n) is 2.04. The lowest BCUT2D eigenvalue weighted by atomic mass is 10.0. The molecular formula is C12H16BrFN2O3S. The third-order valence-electron chi connectivity index (χ3n) is 3.21. The molecule has 8 heteroatoms. The zero-order chi connectivity index (χ0) is 14.8. The van der Waals surface area contributed by atoms with Gasteiger partial charge in [-0.2, -0.15) is 0 Å². The van der Waals surface area contributed by atoms with Crippen LogP contribution < -0.4 is 10.5 Å². The van der Waals surface area contributed by atoms with Crippen molar-refractivity contribution in [3.05, 3.63) is 22.4 Å². The van der Waals surface area contributed by atoms with E-state index in [2.05, 4.69) is 20.7 Å². The Balaban J connectivity index is 2.14. The van der Waals surface area contributed by atoms with Gasteiger partial charge in [-0.15, -0.1) is 0 Å². The summed E-state index contributed by atoms with van der Waals surface area (Å²) >= 11 is 2.95. The van der Waals surface area contributed by atoms with Crippen LogP contribution in [0.1, 0.15) is 12.8 Å². The second-order valence-corrected chi connectivity index (χ2v) is 7.31. The molecule has 1 saturated heterocycles. The van der Waals surface area contributed by atoms with Crippen molar-refractivity contribution in [2.24, 2.45) is 5.92 Å². The van der Waals surface area contributed by atoms with Crippen molar-refractivity contribution >= 4 is 31.6 Å². The van der Waals surface area contributed by atoms with Crippen LogP contribution in [-0.4, -0.2) is 28.2 Å². The molecule has 0 aliphatic carbocycles. The van der Waals surface area contributed by atoms with E-state index in [9.17, 15) is 12.8 Å². The zero-order valence-corrected chi connectivity index (χ0v) is 13.1. The summed E-state index contributed by atoms with van der Waals surface area (Å²) in [5, 5.41) is 0. The molecule has 3 N–H and O–H groups in total. The van der Waals surface area contributed by atoms with Crippen LogP contribution in [0.5, 0.6) is 0 Å². The molecule has 1 heterocycles. The Morgan fingerprint density at radius 1 is 1.40 bits per heavy atom. The lowest BCUT2D eigenvalue weighted by Crippen LogP contribution is -2.32. The maximum Gasteiger partial charge on any atom is 0.243 e. The molecule has 1 aromatic carbocycles. The number of nitrogens with one attached hydrogen (secondary N) is 1. The van der Waals surface area contributed by atoms with Crippen molar-refractivity contribution in [1.82, 2.24) is 4.72 Å². The van der Waals surface area contributed by atoms with Crippen molar-refractivity contribution < 1.29 is 17.5 Å². The SMILES string of the molecule is Nc1cc(Br)c(F)c(S(=O)(=O)NCC2CCOCC2)c1. The Hall–Kier alpha value is -0.700. The first-order valence-electron chi connectivity index (χ1n) is 6.22. The third kappa shape index (κ3) is 3.69. The van der Waals surface area contributed by atoms with Crippen LogP contribution in [0.25, 0.3) is 0 Å². The second kappa shape index (κ2) is 6.38. The van der Waals surface area contributed by atoms with E-state index in [0.717, 1.165) is 18.9 Å². The summed E-state index contributed by atoms with van der Waals surface area (Å²) in [5.74, 6) is -0.621. The third-order valence-corrected chi connectivity index (χ3v) is 5.21. The van der Waals surface area contributed by atoms with Crippen molar-refractivity contribution in [2.45, 2.75) is 17.7 Å². The topological polar surface area (TPSA) is 81.4 Å². The maximum atomic E-state index is 13.9. The van der Waals surface area contributed by atoms with E-state index in [4.69, 9.17) is 10.5 Å². The van der Waals surface area contributed by atoms with Crippen molar-refractivity contribution in [3.63, 3.8) is 0 Å². The minimum absolute atomic E-state index is 0.0314. The second-order valence-electron chi connectivity index (χ2n) is 4.72. The average molecular weight is 367 g/mol. The van der Waals surface area contributed by atoms with Crippen molar-refractivity contribution in [3.8, 4) is 0 Å². The first kappa shape index (κ1) is 15.7. The standard InChI is InChI=1S/C12H16BrFN2O3S/c13-10-5-9(15)6-11(12(10)14)20(17,18)16-7-8-1-3-19-4-2-8/h5-6,8,16H,1-4,7,15H2. The summed E-state index contributed by atoms with van der Waals surface area (Å²) < 4.78 is 45.9. The highest BCUT2D eigenvalue weighted by molar-refractivity contribution is 9.10. The summed E-state index contributed by atoms with van der Waals surface area (Å²) in [6.45, 7) is 1.53. The highest BCUT2D eigenvalue weighted by atomic mass is 79.9. The van der Waals surface area contributed by atoms with Gasteiger partial charge < -0.3 is 10.5 Å². The fraction of sp³-hybridized carbons (Fsp3) is 0.500. The van der Waals surface area contributed by atoms with Gasteiger partial charge in [0.05, 0.1) is 4.47 Å². The van der Waals surface area contributed by atoms with E-state index >= 15 is 0 Å². The maximum absolute atomic E-state index is 13.9. The largest absolute Gasteiger partial charge is 0.399 e. The van der Waals surface area contributed by atoms with Gasteiger partial charge in [-0.25, -0.2) is 17.5 Å². The fourth-order valence-corrected chi connectivity index (χ4v) is 3.89. The molecule has 0 amide bonds. The number of nitrogen functional groups attached to an aromatic ring is 1. The summed E-state index contributed by atoms with van der Waals surface area (Å²) in [6.07, 6.45) is 1.59. The van der Waals surface area contributed by atoms with Gasteiger partial charge >= 0.3 is 0 Å². The van der Waals surface area contributed by atoms with Gasteiger partial charge in [0.25, 0.3) is 0 Å². The Labute approximate surface area is 125 Å². The minimum Gasteiger partial charge on any atom is -0.399 e. The monoisotopic (exact) mass is 366 g/mol. The van der Waals surface area contributed by atoms with Gasteiger partial charge in [-0.3, -0.25) is 0 Å². The number of ether oxygens (including phenoxy) is 1. The normalized spacial score (nSPS) is 17.3. The number of benzene rings is 1. The number of anilines is 1. The van der Waals surface area contributed by atoms with Crippen LogP contribution in [0, 0.1) is 11.7 Å². The molecule has 112 valence electrons. The van der Waals surface area contributed by atoms with E-state index in [0.29, 0.717) is 13.2 Å². The molecule has 0 saturated carbocycles. The van der Waals surface area contributed by atoms with Gasteiger partial charge in [0.1, 0.15) is 4.90 Å². The first-order chi connectivity index (χ1) is 9.40. The minimum atomic E-state index is -3.91. The van der Waals surface area contributed by atoms with Gasteiger partial charge in [-0.1, -0.05) is 0 Å². The molecule has 20 heavy (non-hydrogen) atoms. The van der Waals surface area contributed by atoms with Gasteiger partial charge in [-0.05, 0) is 46.8 Å². The molecule has 1 aromatic rings. The van der Waals surface area contributed by atoms with Crippen molar-refractivity contribution in [2.75, 3.05) is 25.5 Å². The number of hydrogen-bond acceptors (Lipinski definition) is 4. The lowest BCUT2D eigenvalue weighted by molar-refractivity contribution is 0.0678. The highest BCUT2D eigenvalue weighted by Gasteiger charge is 2.23. The smallest absolute Gasteiger partial charge is 0.243 e. The Bertz CT molecular complexity index is 589. The first-order valence-corrected chi connectivity index (χ1v) is 8.49. The molecule has 1 aliphatic heterocycles. The molecule has 0 spiro atoms. The number of rotatable bonds is 4. The quantitative estimate of drug-likeness (QED) is 0.797. The molecule has 0 radical (unpaired) electrons. The number of sulfonamides is 1. The molecule has 5 nitrogen and oxygen atoms in total. The Morgan fingerprint density at radius 2 is 2.05 bits per heavy atom. The van der Waals surface area contributed by atoms with Crippen LogP contribution in [0.15, 0.2) is 21.5 Å². The number of halogens is 2. The Morgan fingerprint density at radius 3 is 2.70 bits per heavy atom. The van der Waals surface area contributed by atoms with Gasteiger partial charge in [0.2, 0.25) is 10.0 Å². The molecule has 0 unspecified atom stereocenters. The van der Waals surface area contributed by atoms with Crippen molar-refractivity contribution in [1.29, 1.82) is 0 Å².